The minimum Gasteiger partial charge on any atom is -0.233 e. The van der Waals surface area contributed by atoms with Crippen LogP contribution in [0.4, 0.5) is 0 Å². The first-order valence-corrected chi connectivity index (χ1v) is 7.47. The fourth-order valence-electron chi connectivity index (χ4n) is 2.87. The third-order valence-electron chi connectivity index (χ3n) is 4.06. The van der Waals surface area contributed by atoms with E-state index < -0.39 is 0 Å². The molecule has 0 radical (unpaired) electrons. The number of aryl methyl sites for hydroxylation is 3. The van der Waals surface area contributed by atoms with Crippen LogP contribution < -0.4 is 9.13 Å². The van der Waals surface area contributed by atoms with Crippen molar-refractivity contribution in [3.05, 3.63) is 71.9 Å². The molecule has 0 aliphatic heterocycles. The second kappa shape index (κ2) is 5.68. The lowest BCUT2D eigenvalue weighted by Crippen LogP contribution is -2.35. The molecule has 0 saturated carbocycles. The van der Waals surface area contributed by atoms with Crippen LogP contribution in [0, 0.1) is 20.8 Å². The van der Waals surface area contributed by atoms with E-state index >= 15 is 0 Å². The van der Waals surface area contributed by atoms with Crippen molar-refractivity contribution >= 4 is 0 Å². The van der Waals surface area contributed by atoms with E-state index in [-0.39, 0.29) is 0 Å². The number of nitrogens with zero attached hydrogens (tertiary/aromatic N) is 3. The molecule has 2 aromatic heterocycles. The maximum absolute atomic E-state index is 4.17. The first kappa shape index (κ1) is 14.4. The van der Waals surface area contributed by atoms with Crippen LogP contribution in [0.5, 0.6) is 0 Å². The van der Waals surface area contributed by atoms with E-state index in [0.717, 1.165) is 0 Å². The minimum atomic E-state index is 1.17. The Labute approximate surface area is 131 Å². The van der Waals surface area contributed by atoms with Crippen LogP contribution in [-0.4, -0.2) is 4.98 Å². The number of aromatic nitrogens is 3. The zero-order chi connectivity index (χ0) is 15.7. The van der Waals surface area contributed by atoms with Crippen molar-refractivity contribution in [3.8, 4) is 16.9 Å². The Hall–Kier alpha value is -2.55. The van der Waals surface area contributed by atoms with Gasteiger partial charge in [-0.1, -0.05) is 11.1 Å². The summed E-state index contributed by atoms with van der Waals surface area (Å²) in [6, 6.07) is 12.8. The van der Waals surface area contributed by atoms with E-state index in [1.54, 1.807) is 0 Å². The van der Waals surface area contributed by atoms with Crippen LogP contribution in [0.1, 0.15) is 16.8 Å². The van der Waals surface area contributed by atoms with Crippen molar-refractivity contribution in [1.29, 1.82) is 0 Å². The van der Waals surface area contributed by atoms with Gasteiger partial charge in [-0.25, -0.2) is 4.57 Å². The Balaban J connectivity index is 2.28. The molecule has 0 aliphatic rings. The molecule has 2 heterocycles. The highest BCUT2D eigenvalue weighted by Crippen LogP contribution is 2.25. The summed E-state index contributed by atoms with van der Waals surface area (Å²) in [5.41, 5.74) is 7.39. The van der Waals surface area contributed by atoms with Crippen molar-refractivity contribution < 1.29 is 9.13 Å². The lowest BCUT2D eigenvalue weighted by molar-refractivity contribution is -0.663. The second-order valence-electron chi connectivity index (χ2n) is 5.75. The molecule has 0 N–H and O–H groups in total. The monoisotopic (exact) mass is 291 g/mol. The molecule has 0 aliphatic carbocycles. The van der Waals surface area contributed by atoms with Gasteiger partial charge in [0.1, 0.15) is 11.9 Å². The molecule has 0 unspecified atom stereocenters. The quantitative estimate of drug-likeness (QED) is 0.665. The van der Waals surface area contributed by atoms with Gasteiger partial charge in [0.25, 0.3) is 6.33 Å². The normalized spacial score (nSPS) is 10.7. The molecule has 0 fully saturated rings. The van der Waals surface area contributed by atoms with Crippen LogP contribution in [-0.2, 0) is 7.05 Å². The topological polar surface area (TPSA) is 20.6 Å². The summed E-state index contributed by atoms with van der Waals surface area (Å²) in [5.74, 6) is 0. The van der Waals surface area contributed by atoms with Crippen molar-refractivity contribution in [1.82, 2.24) is 4.98 Å². The van der Waals surface area contributed by atoms with Crippen molar-refractivity contribution in [2.45, 2.75) is 20.8 Å². The molecular weight excluding hydrogens is 270 g/mol. The highest BCUT2D eigenvalue weighted by molar-refractivity contribution is 5.65. The predicted molar refractivity (Wildman–Crippen MR) is 86.6 cm³/mol. The molecule has 0 atom stereocenters. The molecule has 110 valence electrons. The average molecular weight is 291 g/mol. The zero-order valence-corrected chi connectivity index (χ0v) is 13.5. The lowest BCUT2D eigenvalue weighted by atomic mass is 9.99. The molecule has 1 aromatic carbocycles. The first-order valence-electron chi connectivity index (χ1n) is 7.47. The molecule has 0 bridgehead atoms. The van der Waals surface area contributed by atoms with E-state index in [2.05, 4.69) is 77.5 Å². The molecule has 0 amide bonds. The van der Waals surface area contributed by atoms with Crippen LogP contribution in [0.3, 0.4) is 0 Å². The highest BCUT2D eigenvalue weighted by atomic mass is 15.0. The molecule has 3 rings (SSSR count). The molecule has 3 aromatic rings. The maximum atomic E-state index is 4.17. The summed E-state index contributed by atoms with van der Waals surface area (Å²) in [6.45, 7) is 6.46. The molecular formula is C19H21N3+2. The fraction of sp³-hybridized carbons (Fsp3) is 0.211. The number of hydrogen-bond donors (Lipinski definition) is 0. The second-order valence-corrected chi connectivity index (χ2v) is 5.75. The highest BCUT2D eigenvalue weighted by Gasteiger charge is 2.19. The van der Waals surface area contributed by atoms with Gasteiger partial charge in [0.05, 0.1) is 7.05 Å². The van der Waals surface area contributed by atoms with E-state index in [4.69, 9.17) is 0 Å². The minimum absolute atomic E-state index is 1.17. The van der Waals surface area contributed by atoms with Crippen LogP contribution >= 0.6 is 0 Å². The Bertz CT molecular complexity index is 771. The van der Waals surface area contributed by atoms with E-state index in [0.29, 0.717) is 0 Å². The van der Waals surface area contributed by atoms with Gasteiger partial charge in [0.15, 0.2) is 11.9 Å². The van der Waals surface area contributed by atoms with Gasteiger partial charge in [0, 0.05) is 42.3 Å². The Morgan fingerprint density at radius 2 is 1.82 bits per heavy atom. The summed E-state index contributed by atoms with van der Waals surface area (Å²) < 4.78 is 4.31. The van der Waals surface area contributed by atoms with Gasteiger partial charge < -0.3 is 0 Å². The molecule has 0 saturated heterocycles. The van der Waals surface area contributed by atoms with Gasteiger partial charge in [-0.3, -0.25) is 0 Å². The SMILES string of the molecule is Cc1cc(-c2ccnc[n+]2C)c(C)c(-[n+]2ccccc2C)c1. The number of benzene rings is 1. The largest absolute Gasteiger partial charge is 0.286 e. The van der Waals surface area contributed by atoms with Crippen LogP contribution in [0.25, 0.3) is 16.9 Å². The predicted octanol–water partition coefficient (Wildman–Crippen LogP) is 2.78. The third-order valence-corrected chi connectivity index (χ3v) is 4.06. The van der Waals surface area contributed by atoms with Gasteiger partial charge in [0.2, 0.25) is 5.69 Å². The zero-order valence-electron chi connectivity index (χ0n) is 13.5. The van der Waals surface area contributed by atoms with Crippen LogP contribution in [0.15, 0.2) is 55.1 Å². The third kappa shape index (κ3) is 2.50. The summed E-state index contributed by atoms with van der Waals surface area (Å²) in [6.07, 6.45) is 5.81. The summed E-state index contributed by atoms with van der Waals surface area (Å²) in [7, 11) is 2.03. The Morgan fingerprint density at radius 1 is 1.00 bits per heavy atom. The summed E-state index contributed by atoms with van der Waals surface area (Å²) >= 11 is 0. The van der Waals surface area contributed by atoms with Gasteiger partial charge in [-0.05, 0) is 25.5 Å². The van der Waals surface area contributed by atoms with Gasteiger partial charge >= 0.3 is 0 Å². The molecule has 3 nitrogen and oxygen atoms in total. The smallest absolute Gasteiger partial charge is 0.233 e. The first-order chi connectivity index (χ1) is 10.6. The summed E-state index contributed by atoms with van der Waals surface area (Å²) in [4.78, 5) is 4.17. The maximum Gasteiger partial charge on any atom is 0.286 e. The molecule has 0 spiro atoms. The average Bonchev–Trinajstić information content (AvgIpc) is 2.51. The molecule has 22 heavy (non-hydrogen) atoms. The van der Waals surface area contributed by atoms with Crippen LogP contribution in [0.2, 0.25) is 0 Å². The standard InChI is InChI=1S/C19H21N3/c1-14-11-17(18-8-9-20-13-21(18)4)16(3)19(12-14)22-10-6-5-7-15(22)2/h5-13H,1-4H3/q+2. The summed E-state index contributed by atoms with van der Waals surface area (Å²) in [5, 5.41) is 0. The fourth-order valence-corrected chi connectivity index (χ4v) is 2.87. The Morgan fingerprint density at radius 3 is 2.55 bits per heavy atom. The number of hydrogen-bond acceptors (Lipinski definition) is 1. The van der Waals surface area contributed by atoms with E-state index in [1.165, 1.54) is 33.8 Å². The van der Waals surface area contributed by atoms with E-state index in [1.807, 2.05) is 19.6 Å². The van der Waals surface area contributed by atoms with Crippen molar-refractivity contribution in [3.63, 3.8) is 0 Å². The van der Waals surface area contributed by atoms with Crippen molar-refractivity contribution in [2.75, 3.05) is 0 Å². The number of pyridine rings is 1. The van der Waals surface area contributed by atoms with Gasteiger partial charge in [-0.2, -0.15) is 4.57 Å². The Kier molecular flexibility index (Phi) is 3.72. The molecule has 3 heteroatoms. The van der Waals surface area contributed by atoms with E-state index in [9.17, 15) is 0 Å². The number of rotatable bonds is 2. The van der Waals surface area contributed by atoms with Gasteiger partial charge in [-0.15, -0.1) is 0 Å². The lowest BCUT2D eigenvalue weighted by Gasteiger charge is -2.10. The van der Waals surface area contributed by atoms with Crippen molar-refractivity contribution in [2.24, 2.45) is 7.05 Å².